The molecule has 3 N–H and O–H groups in total. The number of carboxylic acids is 1. The quantitative estimate of drug-likeness (QED) is 0.779. The summed E-state index contributed by atoms with van der Waals surface area (Å²) in [6.07, 6.45) is -5.86. The van der Waals surface area contributed by atoms with Gasteiger partial charge in [-0.1, -0.05) is 0 Å². The van der Waals surface area contributed by atoms with Crippen molar-refractivity contribution in [1.29, 1.82) is 0 Å². The molecular formula is C12H12F3NO4. The lowest BCUT2D eigenvalue weighted by Crippen LogP contribution is -2.47. The van der Waals surface area contributed by atoms with E-state index < -0.39 is 35.8 Å². The Morgan fingerprint density at radius 1 is 1.20 bits per heavy atom. The van der Waals surface area contributed by atoms with Gasteiger partial charge in [-0.25, -0.2) is 4.79 Å². The van der Waals surface area contributed by atoms with Gasteiger partial charge in [-0.15, -0.1) is 0 Å². The van der Waals surface area contributed by atoms with Crippen LogP contribution in [0.25, 0.3) is 0 Å². The van der Waals surface area contributed by atoms with Crippen LogP contribution in [0.2, 0.25) is 0 Å². The van der Waals surface area contributed by atoms with E-state index in [1.165, 1.54) is 6.92 Å². The number of aliphatic carboxylic acids is 1. The van der Waals surface area contributed by atoms with E-state index in [4.69, 9.17) is 5.11 Å². The van der Waals surface area contributed by atoms with Crippen LogP contribution >= 0.6 is 0 Å². The molecule has 0 saturated carbocycles. The highest BCUT2D eigenvalue weighted by Crippen LogP contribution is 2.29. The van der Waals surface area contributed by atoms with Crippen LogP contribution in [-0.4, -0.2) is 34.2 Å². The minimum Gasteiger partial charge on any atom is -0.480 e. The number of aliphatic hydroxyl groups excluding tert-OH is 1. The number of nitrogens with one attached hydrogen (secondary N) is 1. The van der Waals surface area contributed by atoms with Crippen molar-refractivity contribution in [2.24, 2.45) is 0 Å². The lowest BCUT2D eigenvalue weighted by Gasteiger charge is -2.17. The largest absolute Gasteiger partial charge is 0.480 e. The zero-order valence-corrected chi connectivity index (χ0v) is 10.3. The van der Waals surface area contributed by atoms with Gasteiger partial charge in [0.1, 0.15) is 0 Å². The lowest BCUT2D eigenvalue weighted by atomic mass is 10.1. The van der Waals surface area contributed by atoms with Crippen LogP contribution in [-0.2, 0) is 11.0 Å². The number of alkyl halides is 3. The van der Waals surface area contributed by atoms with Crippen LogP contribution < -0.4 is 5.32 Å². The van der Waals surface area contributed by atoms with Crippen LogP contribution in [0.15, 0.2) is 24.3 Å². The van der Waals surface area contributed by atoms with Gasteiger partial charge in [-0.2, -0.15) is 13.2 Å². The monoisotopic (exact) mass is 291 g/mol. The van der Waals surface area contributed by atoms with Gasteiger partial charge >= 0.3 is 12.1 Å². The Bertz CT molecular complexity index is 496. The molecule has 20 heavy (non-hydrogen) atoms. The molecule has 5 nitrogen and oxygen atoms in total. The van der Waals surface area contributed by atoms with Gasteiger partial charge in [-0.3, -0.25) is 4.79 Å². The molecule has 0 aliphatic heterocycles. The summed E-state index contributed by atoms with van der Waals surface area (Å²) in [6.45, 7) is 1.17. The number of aliphatic hydroxyl groups is 1. The molecule has 0 unspecified atom stereocenters. The summed E-state index contributed by atoms with van der Waals surface area (Å²) in [5, 5.41) is 20.0. The minimum absolute atomic E-state index is 0.134. The van der Waals surface area contributed by atoms with Crippen molar-refractivity contribution in [2.75, 3.05) is 0 Å². The highest BCUT2D eigenvalue weighted by molar-refractivity contribution is 5.96. The Balaban J connectivity index is 2.85. The van der Waals surface area contributed by atoms with E-state index in [1.54, 1.807) is 0 Å². The number of rotatable bonds is 4. The molecule has 0 aliphatic rings. The van der Waals surface area contributed by atoms with E-state index in [0.29, 0.717) is 12.1 Å². The van der Waals surface area contributed by atoms with Gasteiger partial charge in [0.2, 0.25) is 0 Å². The van der Waals surface area contributed by atoms with E-state index in [0.717, 1.165) is 12.1 Å². The molecule has 0 radical (unpaired) electrons. The molecular weight excluding hydrogens is 279 g/mol. The molecule has 1 aromatic rings. The van der Waals surface area contributed by atoms with Crippen molar-refractivity contribution < 1.29 is 33.0 Å². The van der Waals surface area contributed by atoms with Crippen molar-refractivity contribution in [3.8, 4) is 0 Å². The molecule has 8 heteroatoms. The van der Waals surface area contributed by atoms with Gasteiger partial charge < -0.3 is 15.5 Å². The Morgan fingerprint density at radius 3 is 2.05 bits per heavy atom. The third-order valence-corrected chi connectivity index (χ3v) is 2.51. The normalized spacial score (nSPS) is 14.4. The second-order valence-corrected chi connectivity index (χ2v) is 4.11. The number of hydrogen-bond acceptors (Lipinski definition) is 3. The maximum absolute atomic E-state index is 12.3. The summed E-state index contributed by atoms with van der Waals surface area (Å²) < 4.78 is 37.0. The molecule has 0 fully saturated rings. The highest BCUT2D eigenvalue weighted by atomic mass is 19.4. The number of halogens is 3. The highest BCUT2D eigenvalue weighted by Gasteiger charge is 2.30. The van der Waals surface area contributed by atoms with Crippen LogP contribution in [0.4, 0.5) is 13.2 Å². The standard InChI is InChI=1S/C12H12F3NO4/c1-6(17)9(11(19)20)16-10(18)7-2-4-8(5-3-7)12(13,14)15/h2-6,9,17H,1H3,(H,16,18)(H,19,20)/t6-,9+/m1/s1. The van der Waals surface area contributed by atoms with E-state index >= 15 is 0 Å². The summed E-state index contributed by atoms with van der Waals surface area (Å²) in [4.78, 5) is 22.4. The fraction of sp³-hybridized carbons (Fsp3) is 0.333. The fourth-order valence-electron chi connectivity index (χ4n) is 1.42. The SMILES string of the molecule is C[C@@H](O)[C@H](NC(=O)c1ccc(C(F)(F)F)cc1)C(=O)O. The van der Waals surface area contributed by atoms with Gasteiger partial charge in [0, 0.05) is 5.56 Å². The van der Waals surface area contributed by atoms with Crippen molar-refractivity contribution in [3.63, 3.8) is 0 Å². The number of amides is 1. The Labute approximate surface area is 112 Å². The van der Waals surface area contributed by atoms with E-state index in [2.05, 4.69) is 0 Å². The second-order valence-electron chi connectivity index (χ2n) is 4.11. The molecule has 0 spiro atoms. The van der Waals surface area contributed by atoms with Gasteiger partial charge in [-0.05, 0) is 31.2 Å². The first-order valence-electron chi connectivity index (χ1n) is 5.52. The molecule has 1 aromatic carbocycles. The first-order valence-corrected chi connectivity index (χ1v) is 5.52. The molecule has 0 bridgehead atoms. The molecule has 1 amide bonds. The first kappa shape index (κ1) is 16.0. The summed E-state index contributed by atoms with van der Waals surface area (Å²) in [7, 11) is 0. The van der Waals surface area contributed by atoms with Crippen LogP contribution in [0.1, 0.15) is 22.8 Å². The van der Waals surface area contributed by atoms with Gasteiger partial charge in [0.15, 0.2) is 6.04 Å². The van der Waals surface area contributed by atoms with Gasteiger partial charge in [0.05, 0.1) is 11.7 Å². The van der Waals surface area contributed by atoms with Gasteiger partial charge in [0.25, 0.3) is 5.91 Å². The molecule has 110 valence electrons. The number of carbonyl (C=O) groups is 2. The van der Waals surface area contributed by atoms with Crippen LogP contribution in [0.5, 0.6) is 0 Å². The predicted molar refractivity (Wildman–Crippen MR) is 62.0 cm³/mol. The summed E-state index contributed by atoms with van der Waals surface area (Å²) in [5.74, 6) is -2.33. The van der Waals surface area contributed by atoms with E-state index in [9.17, 15) is 27.9 Å². The zero-order valence-electron chi connectivity index (χ0n) is 10.3. The van der Waals surface area contributed by atoms with Crippen molar-refractivity contribution in [3.05, 3.63) is 35.4 Å². The number of carbonyl (C=O) groups excluding carboxylic acids is 1. The Hall–Kier alpha value is -2.09. The Kier molecular flexibility index (Phi) is 4.72. The molecule has 0 saturated heterocycles. The lowest BCUT2D eigenvalue weighted by molar-refractivity contribution is -0.142. The topological polar surface area (TPSA) is 86.6 Å². The van der Waals surface area contributed by atoms with Crippen LogP contribution in [0, 0.1) is 0 Å². The first-order chi connectivity index (χ1) is 9.12. The summed E-state index contributed by atoms with van der Waals surface area (Å²) in [6, 6.07) is 1.75. The average molecular weight is 291 g/mol. The summed E-state index contributed by atoms with van der Waals surface area (Å²) >= 11 is 0. The molecule has 1 rings (SSSR count). The molecule has 0 aliphatic carbocycles. The zero-order chi connectivity index (χ0) is 15.5. The van der Waals surface area contributed by atoms with Crippen LogP contribution in [0.3, 0.4) is 0 Å². The van der Waals surface area contributed by atoms with Crippen molar-refractivity contribution >= 4 is 11.9 Å². The molecule has 2 atom stereocenters. The maximum Gasteiger partial charge on any atom is 0.416 e. The van der Waals surface area contributed by atoms with E-state index in [-0.39, 0.29) is 5.56 Å². The van der Waals surface area contributed by atoms with E-state index in [1.807, 2.05) is 5.32 Å². The minimum atomic E-state index is -4.52. The Morgan fingerprint density at radius 2 is 1.70 bits per heavy atom. The fourth-order valence-corrected chi connectivity index (χ4v) is 1.42. The predicted octanol–water partition coefficient (Wildman–Crippen LogP) is 1.27. The second kappa shape index (κ2) is 5.91. The maximum atomic E-state index is 12.3. The average Bonchev–Trinajstić information content (AvgIpc) is 2.34. The smallest absolute Gasteiger partial charge is 0.416 e. The van der Waals surface area contributed by atoms with Crippen molar-refractivity contribution in [1.82, 2.24) is 5.32 Å². The third-order valence-electron chi connectivity index (χ3n) is 2.51. The number of hydrogen-bond donors (Lipinski definition) is 3. The number of carboxylic acid groups (broad SMARTS) is 1. The molecule has 0 heterocycles. The number of benzene rings is 1. The third kappa shape index (κ3) is 3.95. The van der Waals surface area contributed by atoms with Crippen molar-refractivity contribution in [2.45, 2.75) is 25.2 Å². The molecule has 0 aromatic heterocycles. The summed E-state index contributed by atoms with van der Waals surface area (Å²) in [5.41, 5.74) is -1.05.